The SMILES string of the molecule is Brc1ccc2[nH]ncc2c1.C.C.CC(C)(C)OC(=O)N1CCC(n2ncc3cc(Br)ccc32)CC1.CC1CCN(C(=O)OC(C)(C)C)CC1.Cc1ccc2c(cnn2C2CCN(C(=O)OC(C)(C)C)CC2)c1.Cc1ccc2c(cnn2C2CCNCC2)c1.Cl. The van der Waals surface area contributed by atoms with Gasteiger partial charge < -0.3 is 34.2 Å². The van der Waals surface area contributed by atoms with Gasteiger partial charge in [0.2, 0.25) is 0 Å². The van der Waals surface area contributed by atoms with Crippen LogP contribution in [-0.4, -0.2) is 142 Å². The number of nitrogens with zero attached hydrogens (tertiary/aromatic N) is 10. The summed E-state index contributed by atoms with van der Waals surface area (Å²) in [6.07, 6.45) is 15.2. The molecule has 0 bridgehead atoms. The number of ether oxygens (including phenoxy) is 3. The van der Waals surface area contributed by atoms with Crippen LogP contribution in [-0.2, 0) is 14.2 Å². The monoisotopic (exact) mass is 1370 g/mol. The Morgan fingerprint density at radius 1 is 0.472 bits per heavy atom. The van der Waals surface area contributed by atoms with Crippen LogP contribution in [0.4, 0.5) is 14.4 Å². The highest BCUT2D eigenvalue weighted by Crippen LogP contribution is 2.31. The standard InChI is InChI=1S/C18H25N3O2.C17H22BrN3O2.C13H17N3.C11H21NO2.C7H5BrN2.2CH4.ClH/c1-13-5-6-16-14(11-13)12-19-21(16)15-7-9-20(10-8-15)17(22)23-18(2,3)4;1-17(2,3)23-16(22)20-8-6-14(7-9-20)21-15-5-4-13(18)10-12(15)11-19-21;1-10-2-3-13-11(8-10)9-15-16(13)12-4-6-14-7-5-12;1-9-5-7-12(8-6-9)10(13)14-11(2,3)4;8-6-1-2-7-5(3-6)4-9-10-7;;;/h5-6,11-12,15H,7-10H2,1-4H3;4-5,10-11,14H,6-9H2,1-3H3;2-3,8-9,12,14H,4-7H2,1H3;9H,5-8H2,1-4H3;1-4H,(H,9,10);2*1H4;1H. The minimum Gasteiger partial charge on any atom is -0.444 e. The molecule has 18 nitrogen and oxygen atoms in total. The second kappa shape index (κ2) is 32.7. The van der Waals surface area contributed by atoms with Gasteiger partial charge in [0.25, 0.3) is 0 Å². The summed E-state index contributed by atoms with van der Waals surface area (Å²) < 4.78 is 24.7. The molecule has 2 N–H and O–H groups in total. The van der Waals surface area contributed by atoms with Crippen molar-refractivity contribution in [3.63, 3.8) is 0 Å². The maximum atomic E-state index is 12.1. The molecule has 3 amide bonds. The Morgan fingerprint density at radius 3 is 1.20 bits per heavy atom. The number of fused-ring (bicyclic) bond motifs is 4. The Morgan fingerprint density at radius 2 is 0.809 bits per heavy atom. The molecule has 8 heterocycles. The summed E-state index contributed by atoms with van der Waals surface area (Å²) in [6.45, 7) is 30.3. The Hall–Kier alpha value is -6.22. The van der Waals surface area contributed by atoms with Gasteiger partial charge in [0.15, 0.2) is 0 Å². The molecular formula is C68H99Br2ClN12O6. The Labute approximate surface area is 551 Å². The van der Waals surface area contributed by atoms with Crippen molar-refractivity contribution in [1.29, 1.82) is 0 Å². The summed E-state index contributed by atoms with van der Waals surface area (Å²) in [5.41, 5.74) is 5.95. The Bertz CT molecular complexity index is 3390. The van der Waals surface area contributed by atoms with Gasteiger partial charge in [-0.05, 0) is 207 Å². The smallest absolute Gasteiger partial charge is 0.410 e. The van der Waals surface area contributed by atoms with E-state index in [1.807, 2.05) is 110 Å². The van der Waals surface area contributed by atoms with Crippen LogP contribution in [0, 0.1) is 19.8 Å². The van der Waals surface area contributed by atoms with Crippen LogP contribution in [0.1, 0.15) is 165 Å². The summed E-state index contributed by atoms with van der Waals surface area (Å²) in [6, 6.07) is 26.4. The molecule has 89 heavy (non-hydrogen) atoms. The maximum Gasteiger partial charge on any atom is 0.410 e. The number of amides is 3. The van der Waals surface area contributed by atoms with E-state index in [1.165, 1.54) is 45.8 Å². The van der Waals surface area contributed by atoms with Crippen LogP contribution in [0.5, 0.6) is 0 Å². The van der Waals surface area contributed by atoms with Crippen LogP contribution in [0.3, 0.4) is 0 Å². The highest BCUT2D eigenvalue weighted by atomic mass is 79.9. The minimum absolute atomic E-state index is 0. The van der Waals surface area contributed by atoms with Crippen LogP contribution >= 0.6 is 44.3 Å². The lowest BCUT2D eigenvalue weighted by Crippen LogP contribution is -2.42. The van der Waals surface area contributed by atoms with Crippen molar-refractivity contribution in [2.24, 2.45) is 5.92 Å². The Balaban J connectivity index is 0.000000206. The van der Waals surface area contributed by atoms with E-state index in [1.54, 1.807) is 16.0 Å². The fourth-order valence-electron chi connectivity index (χ4n) is 11.0. The largest absolute Gasteiger partial charge is 0.444 e. The van der Waals surface area contributed by atoms with Gasteiger partial charge in [0.05, 0.1) is 65.0 Å². The first-order chi connectivity index (χ1) is 40.8. The van der Waals surface area contributed by atoms with E-state index in [9.17, 15) is 14.4 Å². The summed E-state index contributed by atoms with van der Waals surface area (Å²) in [4.78, 5) is 41.3. The number of aromatic amines is 1. The third-order valence-corrected chi connectivity index (χ3v) is 16.5. The topological polar surface area (TPSA) is 183 Å². The molecule has 0 spiro atoms. The van der Waals surface area contributed by atoms with Crippen molar-refractivity contribution in [2.45, 2.75) is 184 Å². The van der Waals surface area contributed by atoms with Gasteiger partial charge in [0.1, 0.15) is 16.8 Å². The average molecular weight is 1380 g/mol. The molecule has 0 saturated carbocycles. The Kier molecular flexibility index (Phi) is 27.0. The van der Waals surface area contributed by atoms with Gasteiger partial charge >= 0.3 is 18.3 Å². The molecule has 4 saturated heterocycles. The molecular weight excluding hydrogens is 1280 g/mol. The van der Waals surface area contributed by atoms with Gasteiger partial charge in [-0.25, -0.2) is 14.4 Å². The summed E-state index contributed by atoms with van der Waals surface area (Å²) in [5, 5.41) is 28.5. The zero-order valence-corrected chi connectivity index (χ0v) is 56.9. The molecule has 4 aliphatic heterocycles. The van der Waals surface area contributed by atoms with Gasteiger partial charge in [-0.1, -0.05) is 76.9 Å². The normalized spacial score (nSPS) is 16.2. The van der Waals surface area contributed by atoms with Crippen molar-refractivity contribution >= 4 is 106 Å². The fourth-order valence-corrected chi connectivity index (χ4v) is 11.7. The second-order valence-corrected chi connectivity index (χ2v) is 28.1. The van der Waals surface area contributed by atoms with Gasteiger partial charge in [-0.15, -0.1) is 12.4 Å². The molecule has 4 aromatic heterocycles. The quantitative estimate of drug-likeness (QED) is 0.161. The number of aryl methyl sites for hydroxylation is 2. The first-order valence-corrected chi connectivity index (χ1v) is 32.1. The van der Waals surface area contributed by atoms with Crippen LogP contribution in [0.25, 0.3) is 43.6 Å². The molecule has 4 aliphatic rings. The van der Waals surface area contributed by atoms with E-state index < -0.39 is 11.2 Å². The minimum atomic E-state index is -0.445. The summed E-state index contributed by atoms with van der Waals surface area (Å²) in [5.74, 6) is 0.744. The molecule has 0 radical (unpaired) electrons. The van der Waals surface area contributed by atoms with Crippen LogP contribution in [0.2, 0.25) is 0 Å². The molecule has 4 aromatic carbocycles. The third-order valence-electron chi connectivity index (χ3n) is 15.5. The number of hydrogen-bond donors (Lipinski definition) is 2. The number of carbonyl (C=O) groups excluding carboxylic acids is 3. The predicted octanol–water partition coefficient (Wildman–Crippen LogP) is 17.2. The van der Waals surface area contributed by atoms with Crippen LogP contribution < -0.4 is 5.32 Å². The number of likely N-dealkylation sites (tertiary alicyclic amines) is 3. The molecule has 8 aromatic rings. The molecule has 0 aliphatic carbocycles. The molecule has 0 atom stereocenters. The number of rotatable bonds is 3. The van der Waals surface area contributed by atoms with Crippen molar-refractivity contribution in [1.82, 2.24) is 59.6 Å². The highest BCUT2D eigenvalue weighted by molar-refractivity contribution is 9.10. The van der Waals surface area contributed by atoms with Crippen molar-refractivity contribution in [3.05, 3.63) is 118 Å². The van der Waals surface area contributed by atoms with Crippen LogP contribution in [0.15, 0.2) is 107 Å². The van der Waals surface area contributed by atoms with E-state index in [2.05, 4.69) is 146 Å². The zero-order chi connectivity index (χ0) is 61.9. The molecule has 21 heteroatoms. The average Bonchev–Trinajstić information content (AvgIpc) is 3.38. The number of H-pyrrole nitrogens is 1. The van der Waals surface area contributed by atoms with Gasteiger partial charge in [-0.2, -0.15) is 20.4 Å². The van der Waals surface area contributed by atoms with E-state index in [0.717, 1.165) is 101 Å². The summed E-state index contributed by atoms with van der Waals surface area (Å²) in [7, 11) is 0. The number of hydrogen-bond acceptors (Lipinski definition) is 11. The first kappa shape index (κ1) is 73.5. The van der Waals surface area contributed by atoms with Crippen molar-refractivity contribution in [2.75, 3.05) is 52.4 Å². The number of halogens is 3. The number of aromatic nitrogens is 8. The number of nitrogens with one attached hydrogen (secondary N) is 2. The second-order valence-electron chi connectivity index (χ2n) is 26.2. The van der Waals surface area contributed by atoms with Gasteiger partial charge in [0, 0.05) is 69.8 Å². The number of carbonyl (C=O) groups is 3. The van der Waals surface area contributed by atoms with E-state index in [0.29, 0.717) is 44.3 Å². The molecule has 12 rings (SSSR count). The third kappa shape index (κ3) is 21.4. The van der Waals surface area contributed by atoms with Gasteiger partial charge in [-0.3, -0.25) is 19.1 Å². The predicted molar refractivity (Wildman–Crippen MR) is 370 cm³/mol. The number of benzene rings is 4. The molecule has 488 valence electrons. The molecule has 4 fully saturated rings. The van der Waals surface area contributed by atoms with E-state index in [-0.39, 0.29) is 51.1 Å². The lowest BCUT2D eigenvalue weighted by molar-refractivity contribution is 0.0176. The first-order valence-electron chi connectivity index (χ1n) is 30.5. The van der Waals surface area contributed by atoms with E-state index in [4.69, 9.17) is 14.2 Å². The fraction of sp³-hybridized carbons (Fsp3) is 0.544. The van der Waals surface area contributed by atoms with Crippen molar-refractivity contribution in [3.8, 4) is 0 Å². The van der Waals surface area contributed by atoms with E-state index >= 15 is 0 Å². The zero-order valence-electron chi connectivity index (χ0n) is 52.9. The lowest BCUT2D eigenvalue weighted by Gasteiger charge is -2.33. The van der Waals surface area contributed by atoms with Crippen molar-refractivity contribution < 1.29 is 28.6 Å². The number of piperidine rings is 4. The highest BCUT2D eigenvalue weighted by Gasteiger charge is 2.31. The molecule has 0 unspecified atom stereocenters. The summed E-state index contributed by atoms with van der Waals surface area (Å²) >= 11 is 6.87. The maximum absolute atomic E-state index is 12.1. The lowest BCUT2D eigenvalue weighted by atomic mass is 10.00.